The molecule has 0 saturated carbocycles. The highest BCUT2D eigenvalue weighted by Crippen LogP contribution is 2.33. The second-order valence-corrected chi connectivity index (χ2v) is 8.13. The van der Waals surface area contributed by atoms with Crippen LogP contribution in [0, 0.1) is 0 Å². The molecule has 0 spiro atoms. The zero-order valence-corrected chi connectivity index (χ0v) is 11.0. The van der Waals surface area contributed by atoms with Crippen molar-refractivity contribution in [2.24, 2.45) is 0 Å². The third kappa shape index (κ3) is 3.01. The molecule has 2 rings (SSSR count). The molecule has 2 unspecified atom stereocenters. The van der Waals surface area contributed by atoms with Crippen LogP contribution in [0.15, 0.2) is 16.3 Å². The van der Waals surface area contributed by atoms with E-state index in [9.17, 15) is 18.3 Å². The average Bonchev–Trinajstić information content (AvgIpc) is 2.72. The molecule has 1 aromatic rings. The first-order valence-electron chi connectivity index (χ1n) is 4.74. The van der Waals surface area contributed by atoms with Gasteiger partial charge in [0.1, 0.15) is 4.88 Å². The second kappa shape index (κ2) is 4.60. The van der Waals surface area contributed by atoms with E-state index in [1.54, 1.807) is 5.38 Å². The first-order chi connectivity index (χ1) is 7.87. The molecule has 0 radical (unpaired) electrons. The molecule has 0 bridgehead atoms. The van der Waals surface area contributed by atoms with Gasteiger partial charge in [-0.3, -0.25) is 0 Å². The number of carboxylic acid groups (broad SMARTS) is 1. The Hall–Kier alpha value is -0.570. The number of hydrogen-bond donors (Lipinski definition) is 2. The van der Waals surface area contributed by atoms with Gasteiger partial charge in [0.05, 0.1) is 22.9 Å². The van der Waals surface area contributed by atoms with Gasteiger partial charge in [-0.2, -0.15) is 0 Å². The molecule has 1 aromatic heterocycles. The third-order valence-electron chi connectivity index (χ3n) is 2.35. The molecule has 0 aromatic carbocycles. The lowest BCUT2D eigenvalue weighted by atomic mass is 10.3. The monoisotopic (exact) mass is 294 g/mol. The summed E-state index contributed by atoms with van der Waals surface area (Å²) in [5.74, 6) is -1.26. The van der Waals surface area contributed by atoms with E-state index in [0.717, 1.165) is 11.3 Å². The molecule has 0 amide bonds. The maximum atomic E-state index is 11.3. The van der Waals surface area contributed by atoms with Crippen molar-refractivity contribution < 1.29 is 23.4 Å². The van der Waals surface area contributed by atoms with E-state index in [-0.39, 0.29) is 16.4 Å². The van der Waals surface area contributed by atoms with Crippen LogP contribution >= 0.6 is 23.1 Å². The molecular formula is C9H10O5S3. The topological polar surface area (TPSA) is 91.7 Å². The van der Waals surface area contributed by atoms with Crippen molar-refractivity contribution in [3.05, 3.63) is 16.3 Å². The summed E-state index contributed by atoms with van der Waals surface area (Å²) in [6.07, 6.45) is -0.877. The fraction of sp³-hybridized carbons (Fsp3) is 0.444. The molecule has 5 nitrogen and oxygen atoms in total. The molecule has 17 heavy (non-hydrogen) atoms. The van der Waals surface area contributed by atoms with E-state index in [2.05, 4.69) is 0 Å². The normalized spacial score (nSPS) is 27.1. The summed E-state index contributed by atoms with van der Waals surface area (Å²) in [7, 11) is -3.16. The molecule has 2 N–H and O–H groups in total. The highest BCUT2D eigenvalue weighted by atomic mass is 32.2. The minimum absolute atomic E-state index is 0.0584. The minimum atomic E-state index is -3.16. The first kappa shape index (κ1) is 12.9. The summed E-state index contributed by atoms with van der Waals surface area (Å²) in [5, 5.41) is 19.6. The summed E-state index contributed by atoms with van der Waals surface area (Å²) in [4.78, 5) is 11.6. The van der Waals surface area contributed by atoms with Gasteiger partial charge < -0.3 is 10.2 Å². The summed E-state index contributed by atoms with van der Waals surface area (Å²) in [6, 6.07) is 1.50. The van der Waals surface area contributed by atoms with Gasteiger partial charge in [0, 0.05) is 10.3 Å². The summed E-state index contributed by atoms with van der Waals surface area (Å²) in [5.41, 5.74) is 0. The molecule has 1 fully saturated rings. The zero-order valence-electron chi connectivity index (χ0n) is 8.57. The molecule has 1 aliphatic heterocycles. The number of hydrogen-bond acceptors (Lipinski definition) is 6. The fourth-order valence-corrected chi connectivity index (χ4v) is 6.04. The molecule has 2 heterocycles. The van der Waals surface area contributed by atoms with E-state index in [0.29, 0.717) is 4.90 Å². The Morgan fingerprint density at radius 2 is 2.18 bits per heavy atom. The Bertz CT molecular complexity index is 533. The predicted molar refractivity (Wildman–Crippen MR) is 65.6 cm³/mol. The Balaban J connectivity index is 2.08. The van der Waals surface area contributed by atoms with Gasteiger partial charge in [-0.1, -0.05) is 0 Å². The maximum absolute atomic E-state index is 11.3. The van der Waals surface area contributed by atoms with Gasteiger partial charge in [0.15, 0.2) is 9.84 Å². The van der Waals surface area contributed by atoms with Gasteiger partial charge >= 0.3 is 5.97 Å². The van der Waals surface area contributed by atoms with Crippen LogP contribution in [0.5, 0.6) is 0 Å². The van der Waals surface area contributed by atoms with Crippen molar-refractivity contribution in [3.8, 4) is 0 Å². The van der Waals surface area contributed by atoms with Crippen LogP contribution < -0.4 is 0 Å². The molecule has 8 heteroatoms. The van der Waals surface area contributed by atoms with E-state index in [4.69, 9.17) is 5.11 Å². The molecular weight excluding hydrogens is 284 g/mol. The lowest BCUT2D eigenvalue weighted by Crippen LogP contribution is -2.19. The first-order valence-corrected chi connectivity index (χ1v) is 8.32. The smallest absolute Gasteiger partial charge is 0.345 e. The van der Waals surface area contributed by atoms with Crippen molar-refractivity contribution in [2.45, 2.75) is 16.2 Å². The number of aliphatic hydroxyl groups is 1. The van der Waals surface area contributed by atoms with Crippen LogP contribution in [0.4, 0.5) is 0 Å². The number of aliphatic hydroxyl groups excluding tert-OH is 1. The standard InChI is InChI=1S/C9H10O5S3/c10-6-3-17(13,14)4-8(6)16-5-1-7(9(11)12)15-2-5/h1-2,6,8,10H,3-4H2,(H,11,12). The van der Waals surface area contributed by atoms with Crippen LogP contribution in [0.2, 0.25) is 0 Å². The molecule has 0 aliphatic carbocycles. The molecule has 94 valence electrons. The van der Waals surface area contributed by atoms with Crippen LogP contribution in [0.1, 0.15) is 9.67 Å². The van der Waals surface area contributed by atoms with E-state index in [1.165, 1.54) is 17.8 Å². The van der Waals surface area contributed by atoms with Crippen LogP contribution in [-0.4, -0.2) is 47.5 Å². The Morgan fingerprint density at radius 3 is 2.65 bits per heavy atom. The largest absolute Gasteiger partial charge is 0.477 e. The number of thiophene rings is 1. The third-order valence-corrected chi connectivity index (χ3v) is 6.63. The van der Waals surface area contributed by atoms with Crippen molar-refractivity contribution in [1.82, 2.24) is 0 Å². The van der Waals surface area contributed by atoms with Crippen molar-refractivity contribution in [3.63, 3.8) is 0 Å². The summed E-state index contributed by atoms with van der Waals surface area (Å²) in [6.45, 7) is 0. The van der Waals surface area contributed by atoms with Gasteiger partial charge in [0.2, 0.25) is 0 Å². The SMILES string of the molecule is O=C(O)c1cc(SC2CS(=O)(=O)CC2O)cs1. The van der Waals surface area contributed by atoms with Crippen LogP contribution in [0.25, 0.3) is 0 Å². The van der Waals surface area contributed by atoms with Crippen molar-refractivity contribution in [2.75, 3.05) is 11.5 Å². The summed E-state index contributed by atoms with van der Waals surface area (Å²) < 4.78 is 22.6. The van der Waals surface area contributed by atoms with Gasteiger partial charge in [-0.05, 0) is 6.07 Å². The number of carbonyl (C=O) groups is 1. The Kier molecular flexibility index (Phi) is 3.48. The van der Waals surface area contributed by atoms with E-state index in [1.807, 2.05) is 0 Å². The average molecular weight is 294 g/mol. The highest BCUT2D eigenvalue weighted by molar-refractivity contribution is 8.02. The number of aromatic carboxylic acids is 1. The lowest BCUT2D eigenvalue weighted by molar-refractivity contribution is 0.0702. The van der Waals surface area contributed by atoms with Gasteiger partial charge in [-0.25, -0.2) is 13.2 Å². The van der Waals surface area contributed by atoms with Gasteiger partial charge in [-0.15, -0.1) is 23.1 Å². The Morgan fingerprint density at radius 1 is 1.47 bits per heavy atom. The van der Waals surface area contributed by atoms with Crippen molar-refractivity contribution >= 4 is 38.9 Å². The number of carboxylic acids is 1. The zero-order chi connectivity index (χ0) is 12.6. The van der Waals surface area contributed by atoms with E-state index < -0.39 is 27.2 Å². The predicted octanol–water partition coefficient (Wildman–Crippen LogP) is 0.696. The molecule has 2 atom stereocenters. The summed E-state index contributed by atoms with van der Waals surface area (Å²) >= 11 is 2.31. The Labute approximate surface area is 106 Å². The van der Waals surface area contributed by atoms with Crippen molar-refractivity contribution in [1.29, 1.82) is 0 Å². The number of sulfone groups is 1. The van der Waals surface area contributed by atoms with Crippen LogP contribution in [0.3, 0.4) is 0 Å². The quantitative estimate of drug-likeness (QED) is 0.852. The second-order valence-electron chi connectivity index (χ2n) is 3.75. The highest BCUT2D eigenvalue weighted by Gasteiger charge is 2.37. The number of rotatable bonds is 3. The number of thioether (sulfide) groups is 1. The van der Waals surface area contributed by atoms with E-state index >= 15 is 0 Å². The molecule has 1 saturated heterocycles. The van der Waals surface area contributed by atoms with Crippen LogP contribution in [-0.2, 0) is 9.84 Å². The molecule has 1 aliphatic rings. The fourth-order valence-electron chi connectivity index (χ4n) is 1.58. The lowest BCUT2D eigenvalue weighted by Gasteiger charge is -2.10. The minimum Gasteiger partial charge on any atom is -0.477 e. The van der Waals surface area contributed by atoms with Gasteiger partial charge in [0.25, 0.3) is 0 Å². The maximum Gasteiger partial charge on any atom is 0.345 e.